The summed E-state index contributed by atoms with van der Waals surface area (Å²) >= 11 is 3.38. The van der Waals surface area contributed by atoms with Gasteiger partial charge in [-0.2, -0.15) is 0 Å². The molecule has 2 rings (SSSR count). The summed E-state index contributed by atoms with van der Waals surface area (Å²) in [5.41, 5.74) is 1.10. The zero-order chi connectivity index (χ0) is 9.97. The van der Waals surface area contributed by atoms with Crippen molar-refractivity contribution >= 4 is 15.9 Å². The molecule has 1 aliphatic rings. The van der Waals surface area contributed by atoms with Crippen molar-refractivity contribution in [2.45, 2.75) is 26.2 Å². The third kappa shape index (κ3) is 2.27. The minimum absolute atomic E-state index is 0.764. The first-order valence-electron chi connectivity index (χ1n) is 5.00. The molecule has 14 heavy (non-hydrogen) atoms. The van der Waals surface area contributed by atoms with Gasteiger partial charge >= 0.3 is 0 Å². The van der Waals surface area contributed by atoms with Gasteiger partial charge in [-0.1, -0.05) is 6.42 Å². The topological polar surface area (TPSA) is 22.1 Å². The number of rotatable bonds is 3. The molecular formula is C11H14BrNO. The summed E-state index contributed by atoms with van der Waals surface area (Å²) in [7, 11) is 0. The standard InChI is InChI=1S/C11H14BrNO/c1-8-5-10(12)6-13-11(8)14-7-9-3-2-4-9/h5-6,9H,2-4,7H2,1H3. The average Bonchev–Trinajstić information content (AvgIpc) is 2.05. The normalized spacial score (nSPS) is 16.4. The summed E-state index contributed by atoms with van der Waals surface area (Å²) in [5.74, 6) is 1.54. The van der Waals surface area contributed by atoms with E-state index in [0.717, 1.165) is 28.4 Å². The maximum atomic E-state index is 5.66. The largest absolute Gasteiger partial charge is 0.477 e. The predicted octanol–water partition coefficient (Wildman–Crippen LogP) is 3.33. The van der Waals surface area contributed by atoms with E-state index in [0.29, 0.717) is 0 Å². The fourth-order valence-electron chi connectivity index (χ4n) is 1.54. The highest BCUT2D eigenvalue weighted by molar-refractivity contribution is 9.10. The SMILES string of the molecule is Cc1cc(Br)cnc1OCC1CCC1. The third-order valence-electron chi connectivity index (χ3n) is 2.68. The van der Waals surface area contributed by atoms with Crippen molar-refractivity contribution in [1.29, 1.82) is 0 Å². The highest BCUT2D eigenvalue weighted by atomic mass is 79.9. The Hall–Kier alpha value is -0.570. The van der Waals surface area contributed by atoms with Gasteiger partial charge in [0.05, 0.1) is 6.61 Å². The molecule has 0 unspecified atom stereocenters. The molecule has 0 saturated heterocycles. The molecule has 0 atom stereocenters. The molecular weight excluding hydrogens is 242 g/mol. The number of hydrogen-bond acceptors (Lipinski definition) is 2. The monoisotopic (exact) mass is 255 g/mol. The summed E-state index contributed by atoms with van der Waals surface area (Å²) in [6.07, 6.45) is 5.77. The summed E-state index contributed by atoms with van der Waals surface area (Å²) in [4.78, 5) is 4.24. The van der Waals surface area contributed by atoms with Crippen LogP contribution in [0.15, 0.2) is 16.7 Å². The second kappa shape index (κ2) is 4.30. The van der Waals surface area contributed by atoms with Crippen molar-refractivity contribution in [2.24, 2.45) is 5.92 Å². The van der Waals surface area contributed by atoms with Crippen molar-refractivity contribution in [2.75, 3.05) is 6.61 Å². The fraction of sp³-hybridized carbons (Fsp3) is 0.545. The number of ether oxygens (including phenoxy) is 1. The molecule has 0 radical (unpaired) electrons. The second-order valence-electron chi connectivity index (χ2n) is 3.88. The number of pyridine rings is 1. The van der Waals surface area contributed by atoms with Gasteiger partial charge in [-0.05, 0) is 47.7 Å². The molecule has 76 valence electrons. The van der Waals surface area contributed by atoms with Gasteiger partial charge in [0.1, 0.15) is 0 Å². The van der Waals surface area contributed by atoms with Crippen LogP contribution < -0.4 is 4.74 Å². The van der Waals surface area contributed by atoms with Gasteiger partial charge < -0.3 is 4.74 Å². The predicted molar refractivity (Wildman–Crippen MR) is 59.5 cm³/mol. The fourth-order valence-corrected chi connectivity index (χ4v) is 1.98. The number of hydrogen-bond donors (Lipinski definition) is 0. The highest BCUT2D eigenvalue weighted by Crippen LogP contribution is 2.27. The lowest BCUT2D eigenvalue weighted by Crippen LogP contribution is -2.19. The van der Waals surface area contributed by atoms with Crippen LogP contribution in [0.3, 0.4) is 0 Å². The van der Waals surface area contributed by atoms with Gasteiger partial charge in [-0.25, -0.2) is 4.98 Å². The number of nitrogens with zero attached hydrogens (tertiary/aromatic N) is 1. The lowest BCUT2D eigenvalue weighted by atomic mass is 9.86. The van der Waals surface area contributed by atoms with Crippen LogP contribution in [0.4, 0.5) is 0 Å². The summed E-state index contributed by atoms with van der Waals surface area (Å²) in [6.45, 7) is 2.85. The lowest BCUT2D eigenvalue weighted by Gasteiger charge is -2.25. The Kier molecular flexibility index (Phi) is 3.06. The van der Waals surface area contributed by atoms with E-state index in [-0.39, 0.29) is 0 Å². The molecule has 0 aliphatic heterocycles. The first-order valence-corrected chi connectivity index (χ1v) is 5.80. The Labute approximate surface area is 92.8 Å². The van der Waals surface area contributed by atoms with E-state index < -0.39 is 0 Å². The average molecular weight is 256 g/mol. The lowest BCUT2D eigenvalue weighted by molar-refractivity contribution is 0.175. The minimum Gasteiger partial charge on any atom is -0.477 e. The van der Waals surface area contributed by atoms with E-state index in [2.05, 4.69) is 20.9 Å². The number of halogens is 1. The van der Waals surface area contributed by atoms with E-state index in [1.807, 2.05) is 13.0 Å². The molecule has 0 amide bonds. The summed E-state index contributed by atoms with van der Waals surface area (Å²) in [5, 5.41) is 0. The van der Waals surface area contributed by atoms with E-state index >= 15 is 0 Å². The van der Waals surface area contributed by atoms with Crippen LogP contribution in [0.5, 0.6) is 5.88 Å². The summed E-state index contributed by atoms with van der Waals surface area (Å²) in [6, 6.07) is 2.03. The van der Waals surface area contributed by atoms with Crippen molar-refractivity contribution in [3.63, 3.8) is 0 Å². The molecule has 1 saturated carbocycles. The number of aryl methyl sites for hydroxylation is 1. The highest BCUT2D eigenvalue weighted by Gasteiger charge is 2.18. The Morgan fingerprint density at radius 3 is 2.93 bits per heavy atom. The van der Waals surface area contributed by atoms with Crippen LogP contribution in [-0.2, 0) is 0 Å². The van der Waals surface area contributed by atoms with Crippen molar-refractivity contribution < 1.29 is 4.74 Å². The first kappa shape index (κ1) is 9.97. The third-order valence-corrected chi connectivity index (χ3v) is 3.11. The van der Waals surface area contributed by atoms with Gasteiger partial charge in [-0.15, -0.1) is 0 Å². The molecule has 1 aromatic rings. The van der Waals surface area contributed by atoms with Crippen LogP contribution in [0, 0.1) is 12.8 Å². The molecule has 0 aromatic carbocycles. The van der Waals surface area contributed by atoms with E-state index in [1.165, 1.54) is 19.3 Å². The maximum absolute atomic E-state index is 5.66. The zero-order valence-electron chi connectivity index (χ0n) is 8.29. The number of aromatic nitrogens is 1. The van der Waals surface area contributed by atoms with Crippen molar-refractivity contribution in [3.05, 3.63) is 22.3 Å². The Bertz CT molecular complexity index is 323. The van der Waals surface area contributed by atoms with Crippen LogP contribution >= 0.6 is 15.9 Å². The molecule has 3 heteroatoms. The van der Waals surface area contributed by atoms with Crippen LogP contribution in [-0.4, -0.2) is 11.6 Å². The Morgan fingerprint density at radius 2 is 2.36 bits per heavy atom. The van der Waals surface area contributed by atoms with Gasteiger partial charge in [0.2, 0.25) is 5.88 Å². The van der Waals surface area contributed by atoms with E-state index in [9.17, 15) is 0 Å². The van der Waals surface area contributed by atoms with Gasteiger partial charge in [-0.3, -0.25) is 0 Å². The minimum atomic E-state index is 0.764. The maximum Gasteiger partial charge on any atom is 0.216 e. The molecule has 0 spiro atoms. The van der Waals surface area contributed by atoms with Crippen LogP contribution in [0.25, 0.3) is 0 Å². The molecule has 1 heterocycles. The molecule has 2 nitrogen and oxygen atoms in total. The first-order chi connectivity index (χ1) is 6.75. The summed E-state index contributed by atoms with van der Waals surface area (Å²) < 4.78 is 6.67. The molecule has 0 bridgehead atoms. The quantitative estimate of drug-likeness (QED) is 0.827. The molecule has 1 fully saturated rings. The van der Waals surface area contributed by atoms with Crippen LogP contribution in [0.1, 0.15) is 24.8 Å². The van der Waals surface area contributed by atoms with E-state index in [1.54, 1.807) is 6.20 Å². The molecule has 1 aromatic heterocycles. The zero-order valence-corrected chi connectivity index (χ0v) is 9.88. The Balaban J connectivity index is 1.94. The Morgan fingerprint density at radius 1 is 1.57 bits per heavy atom. The molecule has 0 N–H and O–H groups in total. The van der Waals surface area contributed by atoms with E-state index in [4.69, 9.17) is 4.74 Å². The van der Waals surface area contributed by atoms with Crippen LogP contribution in [0.2, 0.25) is 0 Å². The van der Waals surface area contributed by atoms with Gasteiger partial charge in [0, 0.05) is 16.2 Å². The van der Waals surface area contributed by atoms with Crippen molar-refractivity contribution in [3.8, 4) is 5.88 Å². The smallest absolute Gasteiger partial charge is 0.216 e. The second-order valence-corrected chi connectivity index (χ2v) is 4.80. The van der Waals surface area contributed by atoms with Gasteiger partial charge in [0.25, 0.3) is 0 Å². The van der Waals surface area contributed by atoms with Crippen molar-refractivity contribution in [1.82, 2.24) is 4.98 Å². The van der Waals surface area contributed by atoms with Gasteiger partial charge in [0.15, 0.2) is 0 Å². The molecule has 1 aliphatic carbocycles.